The highest BCUT2D eigenvalue weighted by Gasteiger charge is 2.08. The summed E-state index contributed by atoms with van der Waals surface area (Å²) in [5, 5.41) is 6.85. The molecule has 26 heavy (non-hydrogen) atoms. The molecule has 0 atom stereocenters. The highest BCUT2D eigenvalue weighted by Crippen LogP contribution is 2.26. The van der Waals surface area contributed by atoms with Gasteiger partial charge < -0.3 is 15.4 Å². The normalized spacial score (nSPS) is 10.3. The van der Waals surface area contributed by atoms with E-state index < -0.39 is 0 Å². The minimum Gasteiger partial charge on any atom is -0.497 e. The van der Waals surface area contributed by atoms with Crippen molar-refractivity contribution in [3.8, 4) is 5.75 Å². The molecule has 1 aromatic heterocycles. The summed E-state index contributed by atoms with van der Waals surface area (Å²) >= 11 is 11.9. The maximum absolute atomic E-state index is 12.3. The molecule has 0 saturated heterocycles. The van der Waals surface area contributed by atoms with Gasteiger partial charge in [-0.25, -0.2) is 4.98 Å². The number of hydrogen-bond donors (Lipinski definition) is 2. The maximum Gasteiger partial charge on any atom is 0.255 e. The van der Waals surface area contributed by atoms with Gasteiger partial charge >= 0.3 is 0 Å². The van der Waals surface area contributed by atoms with Crippen molar-refractivity contribution in [1.82, 2.24) is 4.98 Å². The lowest BCUT2D eigenvalue weighted by Gasteiger charge is -2.09. The van der Waals surface area contributed by atoms with Crippen molar-refractivity contribution in [3.63, 3.8) is 0 Å². The van der Waals surface area contributed by atoms with Gasteiger partial charge in [0.25, 0.3) is 5.91 Å². The number of hydrogen-bond acceptors (Lipinski definition) is 4. The quantitative estimate of drug-likeness (QED) is 0.615. The topological polar surface area (TPSA) is 63.2 Å². The smallest absolute Gasteiger partial charge is 0.255 e. The third-order valence-corrected chi connectivity index (χ3v) is 4.28. The Morgan fingerprint density at radius 3 is 2.50 bits per heavy atom. The third-order valence-electron chi connectivity index (χ3n) is 3.55. The van der Waals surface area contributed by atoms with Crippen LogP contribution >= 0.6 is 23.2 Å². The van der Waals surface area contributed by atoms with Crippen molar-refractivity contribution >= 4 is 46.3 Å². The SMILES string of the molecule is COc1cccc(C(=O)Nc2ccc(Nc3ccc(Cl)c(Cl)c3)nc2)c1. The van der Waals surface area contributed by atoms with Crippen molar-refractivity contribution in [3.05, 3.63) is 76.4 Å². The molecule has 0 radical (unpaired) electrons. The summed E-state index contributed by atoms with van der Waals surface area (Å²) in [7, 11) is 1.56. The van der Waals surface area contributed by atoms with Crippen molar-refractivity contribution < 1.29 is 9.53 Å². The minimum absolute atomic E-state index is 0.240. The van der Waals surface area contributed by atoms with E-state index in [2.05, 4.69) is 15.6 Å². The summed E-state index contributed by atoms with van der Waals surface area (Å²) in [6, 6.07) is 15.6. The Hall–Kier alpha value is -2.76. The number of halogens is 2. The van der Waals surface area contributed by atoms with Crippen LogP contribution in [0.4, 0.5) is 17.2 Å². The van der Waals surface area contributed by atoms with E-state index >= 15 is 0 Å². The fraction of sp³-hybridized carbons (Fsp3) is 0.0526. The van der Waals surface area contributed by atoms with Crippen molar-refractivity contribution in [2.24, 2.45) is 0 Å². The molecular weight excluding hydrogens is 373 g/mol. The van der Waals surface area contributed by atoms with Crippen LogP contribution in [0, 0.1) is 0 Å². The molecule has 0 spiro atoms. The molecule has 0 unspecified atom stereocenters. The molecule has 0 aliphatic carbocycles. The molecule has 0 aliphatic heterocycles. The molecule has 2 aromatic carbocycles. The van der Waals surface area contributed by atoms with Crippen molar-refractivity contribution in [2.75, 3.05) is 17.7 Å². The first-order valence-electron chi connectivity index (χ1n) is 7.69. The highest BCUT2D eigenvalue weighted by atomic mass is 35.5. The van der Waals surface area contributed by atoms with Gasteiger partial charge in [-0.15, -0.1) is 0 Å². The molecule has 0 bridgehead atoms. The number of anilines is 3. The van der Waals surface area contributed by atoms with E-state index in [1.807, 2.05) is 0 Å². The van der Waals surface area contributed by atoms with Crippen LogP contribution in [0.3, 0.4) is 0 Å². The number of carbonyl (C=O) groups excluding carboxylic acids is 1. The van der Waals surface area contributed by atoms with Crippen LogP contribution in [0.1, 0.15) is 10.4 Å². The number of amides is 1. The molecule has 3 rings (SSSR count). The number of nitrogens with zero attached hydrogens (tertiary/aromatic N) is 1. The second-order valence-electron chi connectivity index (χ2n) is 5.37. The van der Waals surface area contributed by atoms with Crippen molar-refractivity contribution in [2.45, 2.75) is 0 Å². The van der Waals surface area contributed by atoms with Crippen LogP contribution in [0.2, 0.25) is 10.0 Å². The van der Waals surface area contributed by atoms with Crippen LogP contribution < -0.4 is 15.4 Å². The molecule has 2 N–H and O–H groups in total. The molecular formula is C19H15Cl2N3O2. The molecule has 0 saturated carbocycles. The number of nitrogens with one attached hydrogen (secondary N) is 2. The summed E-state index contributed by atoms with van der Waals surface area (Å²) in [6.07, 6.45) is 1.57. The number of pyridine rings is 1. The van der Waals surface area contributed by atoms with Gasteiger partial charge in [0.05, 0.1) is 29.0 Å². The van der Waals surface area contributed by atoms with E-state index in [1.165, 1.54) is 0 Å². The number of rotatable bonds is 5. The summed E-state index contributed by atoms with van der Waals surface area (Å²) in [6.45, 7) is 0. The van der Waals surface area contributed by atoms with Gasteiger partial charge in [0.15, 0.2) is 0 Å². The first-order valence-corrected chi connectivity index (χ1v) is 8.44. The molecule has 3 aromatic rings. The molecule has 132 valence electrons. The van der Waals surface area contributed by atoms with Gasteiger partial charge in [0, 0.05) is 11.3 Å². The predicted octanol–water partition coefficient (Wildman–Crippen LogP) is 5.39. The molecule has 0 aliphatic rings. The zero-order valence-corrected chi connectivity index (χ0v) is 15.3. The minimum atomic E-state index is -0.240. The fourth-order valence-corrected chi connectivity index (χ4v) is 2.53. The lowest BCUT2D eigenvalue weighted by molar-refractivity contribution is 0.102. The van der Waals surface area contributed by atoms with Gasteiger partial charge in [-0.3, -0.25) is 4.79 Å². The van der Waals surface area contributed by atoms with Crippen LogP contribution in [0.25, 0.3) is 0 Å². The van der Waals surface area contributed by atoms with Crippen LogP contribution in [-0.4, -0.2) is 18.0 Å². The zero-order valence-electron chi connectivity index (χ0n) is 13.8. The number of methoxy groups -OCH3 is 1. The Bertz CT molecular complexity index is 930. The monoisotopic (exact) mass is 387 g/mol. The summed E-state index contributed by atoms with van der Waals surface area (Å²) in [4.78, 5) is 16.6. The second kappa shape index (κ2) is 8.08. The van der Waals surface area contributed by atoms with Gasteiger partial charge in [-0.05, 0) is 48.5 Å². The first kappa shape index (κ1) is 18.0. The van der Waals surface area contributed by atoms with E-state index in [9.17, 15) is 4.79 Å². The Morgan fingerprint density at radius 2 is 1.81 bits per heavy atom. The number of aromatic nitrogens is 1. The van der Waals surface area contributed by atoms with Gasteiger partial charge in [0.1, 0.15) is 11.6 Å². The molecule has 7 heteroatoms. The average molecular weight is 388 g/mol. The largest absolute Gasteiger partial charge is 0.497 e. The summed E-state index contributed by atoms with van der Waals surface area (Å²) < 4.78 is 5.13. The number of ether oxygens (including phenoxy) is 1. The second-order valence-corrected chi connectivity index (χ2v) is 6.19. The zero-order chi connectivity index (χ0) is 18.5. The molecule has 1 amide bonds. The first-order chi connectivity index (χ1) is 12.5. The highest BCUT2D eigenvalue weighted by molar-refractivity contribution is 6.42. The fourth-order valence-electron chi connectivity index (χ4n) is 2.23. The van der Waals surface area contributed by atoms with Gasteiger partial charge in [0.2, 0.25) is 0 Å². The third kappa shape index (κ3) is 4.45. The Labute approximate surface area is 160 Å². The number of benzene rings is 2. The standard InChI is InChI=1S/C19H15Cl2N3O2/c1-26-15-4-2-3-12(9-15)19(25)24-14-6-8-18(22-11-14)23-13-5-7-16(20)17(21)10-13/h2-11H,1H3,(H,22,23)(H,24,25). The molecule has 1 heterocycles. The van der Waals surface area contributed by atoms with E-state index in [-0.39, 0.29) is 5.91 Å². The van der Waals surface area contributed by atoms with E-state index in [0.29, 0.717) is 32.9 Å². The lowest BCUT2D eigenvalue weighted by Crippen LogP contribution is -2.12. The molecule has 0 fully saturated rings. The Balaban J connectivity index is 1.67. The van der Waals surface area contributed by atoms with Crippen LogP contribution in [0.15, 0.2) is 60.8 Å². The maximum atomic E-state index is 12.3. The Morgan fingerprint density at radius 1 is 1.00 bits per heavy atom. The van der Waals surface area contributed by atoms with E-state index in [1.54, 1.807) is 67.9 Å². The lowest BCUT2D eigenvalue weighted by atomic mass is 10.2. The van der Waals surface area contributed by atoms with Gasteiger partial charge in [-0.1, -0.05) is 29.3 Å². The average Bonchev–Trinajstić information content (AvgIpc) is 2.66. The predicted molar refractivity (Wildman–Crippen MR) is 105 cm³/mol. The number of carbonyl (C=O) groups is 1. The van der Waals surface area contributed by atoms with Crippen LogP contribution in [0.5, 0.6) is 5.75 Å². The van der Waals surface area contributed by atoms with E-state index in [0.717, 1.165) is 5.69 Å². The van der Waals surface area contributed by atoms with Crippen LogP contribution in [-0.2, 0) is 0 Å². The summed E-state index contributed by atoms with van der Waals surface area (Å²) in [5.74, 6) is 0.996. The van der Waals surface area contributed by atoms with E-state index in [4.69, 9.17) is 27.9 Å². The summed E-state index contributed by atoms with van der Waals surface area (Å²) in [5.41, 5.74) is 1.85. The van der Waals surface area contributed by atoms with Gasteiger partial charge in [-0.2, -0.15) is 0 Å². The molecule has 5 nitrogen and oxygen atoms in total. The van der Waals surface area contributed by atoms with Crippen molar-refractivity contribution in [1.29, 1.82) is 0 Å². The Kier molecular flexibility index (Phi) is 5.61.